The molecule has 0 radical (unpaired) electrons. The lowest BCUT2D eigenvalue weighted by Crippen LogP contribution is -2.55. The van der Waals surface area contributed by atoms with Crippen molar-refractivity contribution in [2.45, 2.75) is 44.4 Å². The van der Waals surface area contributed by atoms with Gasteiger partial charge in [0.15, 0.2) is 0 Å². The van der Waals surface area contributed by atoms with Crippen LogP contribution in [0.15, 0.2) is 24.3 Å². The number of urea groups is 1. The van der Waals surface area contributed by atoms with Gasteiger partial charge in [0, 0.05) is 13.2 Å². The Bertz CT molecular complexity index is 597. The van der Waals surface area contributed by atoms with Crippen molar-refractivity contribution >= 4 is 12.0 Å². The molecule has 1 heterocycles. The highest BCUT2D eigenvalue weighted by Gasteiger charge is 2.48. The predicted octanol–water partition coefficient (Wildman–Crippen LogP) is 2.14. The van der Waals surface area contributed by atoms with Gasteiger partial charge in [-0.1, -0.05) is 12.1 Å². The van der Waals surface area contributed by atoms with Crippen LogP contribution >= 0.6 is 0 Å². The zero-order valence-electron chi connectivity index (χ0n) is 13.2. The average Bonchev–Trinajstić information content (AvgIpc) is 3.28. The number of carbonyl (C=O) groups is 2. The first-order chi connectivity index (χ1) is 11.0. The molecule has 3 N–H and O–H groups in total. The Balaban J connectivity index is 1.52. The van der Waals surface area contributed by atoms with E-state index in [0.717, 1.165) is 12.0 Å². The lowest BCUT2D eigenvalue weighted by atomic mass is 9.90. The van der Waals surface area contributed by atoms with E-state index in [1.807, 2.05) is 6.92 Å². The van der Waals surface area contributed by atoms with E-state index in [-0.39, 0.29) is 23.2 Å². The maximum absolute atomic E-state index is 12.2. The number of amides is 2. The van der Waals surface area contributed by atoms with Gasteiger partial charge in [-0.15, -0.1) is 0 Å². The molecule has 6 heteroatoms. The first kappa shape index (κ1) is 15.8. The quantitative estimate of drug-likeness (QED) is 0.776. The highest BCUT2D eigenvalue weighted by molar-refractivity contribution is 5.87. The molecular formula is C17H22N2O4. The second-order valence-corrected chi connectivity index (χ2v) is 6.61. The summed E-state index contributed by atoms with van der Waals surface area (Å²) in [5.74, 6) is -0.381. The smallest absolute Gasteiger partial charge is 0.335 e. The number of aromatic carboxylic acids is 1. The fourth-order valence-electron chi connectivity index (χ4n) is 3.16. The Kier molecular flexibility index (Phi) is 4.26. The normalized spacial score (nSPS) is 26.7. The molecular weight excluding hydrogens is 296 g/mol. The van der Waals surface area contributed by atoms with Crippen LogP contribution in [-0.2, 0) is 11.3 Å². The average molecular weight is 318 g/mol. The van der Waals surface area contributed by atoms with E-state index >= 15 is 0 Å². The van der Waals surface area contributed by atoms with Crippen molar-refractivity contribution in [2.75, 3.05) is 6.61 Å². The number of hydrogen-bond donors (Lipinski definition) is 3. The first-order valence-electron chi connectivity index (χ1n) is 7.98. The van der Waals surface area contributed by atoms with Crippen LogP contribution in [0.25, 0.3) is 0 Å². The Morgan fingerprint density at radius 1 is 1.30 bits per heavy atom. The number of ether oxygens (including phenoxy) is 1. The van der Waals surface area contributed by atoms with Crippen LogP contribution in [0.1, 0.15) is 42.1 Å². The highest BCUT2D eigenvalue weighted by atomic mass is 16.5. The minimum absolute atomic E-state index is 0.114. The van der Waals surface area contributed by atoms with Gasteiger partial charge in [-0.2, -0.15) is 0 Å². The van der Waals surface area contributed by atoms with Gasteiger partial charge >= 0.3 is 12.0 Å². The summed E-state index contributed by atoms with van der Waals surface area (Å²) >= 11 is 0. The van der Waals surface area contributed by atoms with Gasteiger partial charge in [0.05, 0.1) is 17.2 Å². The minimum atomic E-state index is -0.956. The summed E-state index contributed by atoms with van der Waals surface area (Å²) < 4.78 is 5.79. The molecule has 6 nitrogen and oxygen atoms in total. The largest absolute Gasteiger partial charge is 0.478 e. The molecule has 3 rings (SSSR count). The molecule has 2 amide bonds. The molecule has 1 aromatic carbocycles. The maximum Gasteiger partial charge on any atom is 0.335 e. The molecule has 1 aliphatic heterocycles. The third kappa shape index (κ3) is 3.64. The summed E-state index contributed by atoms with van der Waals surface area (Å²) in [5, 5.41) is 14.7. The van der Waals surface area contributed by atoms with Crippen molar-refractivity contribution in [1.29, 1.82) is 0 Å². The summed E-state index contributed by atoms with van der Waals surface area (Å²) in [6, 6.07) is 6.26. The predicted molar refractivity (Wildman–Crippen MR) is 84.3 cm³/mol. The Morgan fingerprint density at radius 3 is 2.61 bits per heavy atom. The number of carboxylic acid groups (broad SMARTS) is 1. The topological polar surface area (TPSA) is 87.7 Å². The molecule has 1 aromatic rings. The molecule has 0 bridgehead atoms. The highest BCUT2D eigenvalue weighted by Crippen LogP contribution is 2.43. The van der Waals surface area contributed by atoms with Crippen LogP contribution in [0.5, 0.6) is 0 Å². The van der Waals surface area contributed by atoms with Crippen molar-refractivity contribution in [3.8, 4) is 0 Å². The van der Waals surface area contributed by atoms with Crippen molar-refractivity contribution in [2.24, 2.45) is 5.92 Å². The van der Waals surface area contributed by atoms with Gasteiger partial charge in [-0.25, -0.2) is 9.59 Å². The SMILES string of the molecule is CC1(NC(=O)NCc2ccc(C(=O)O)cc2)CCOC1C1CC1. The molecule has 0 aromatic heterocycles. The molecule has 1 saturated carbocycles. The molecule has 2 fully saturated rings. The van der Waals surface area contributed by atoms with Gasteiger partial charge in [0.1, 0.15) is 0 Å². The molecule has 2 atom stereocenters. The van der Waals surface area contributed by atoms with Crippen LogP contribution < -0.4 is 10.6 Å². The van der Waals surface area contributed by atoms with E-state index in [9.17, 15) is 9.59 Å². The van der Waals surface area contributed by atoms with Crippen molar-refractivity contribution < 1.29 is 19.4 Å². The molecule has 2 unspecified atom stereocenters. The van der Waals surface area contributed by atoms with E-state index < -0.39 is 5.97 Å². The standard InChI is InChI=1S/C17H22N2O4/c1-17(8-9-23-14(17)12-6-7-12)19-16(22)18-10-11-2-4-13(5-3-11)15(20)21/h2-5,12,14H,6-10H2,1H3,(H,20,21)(H2,18,19,22). The maximum atomic E-state index is 12.2. The lowest BCUT2D eigenvalue weighted by Gasteiger charge is -2.31. The van der Waals surface area contributed by atoms with Crippen molar-refractivity contribution in [3.63, 3.8) is 0 Å². The van der Waals surface area contributed by atoms with E-state index in [2.05, 4.69) is 10.6 Å². The molecule has 124 valence electrons. The van der Waals surface area contributed by atoms with Gasteiger partial charge < -0.3 is 20.5 Å². The van der Waals surface area contributed by atoms with Gasteiger partial charge in [0.2, 0.25) is 0 Å². The lowest BCUT2D eigenvalue weighted by molar-refractivity contribution is 0.0591. The monoisotopic (exact) mass is 318 g/mol. The number of nitrogens with one attached hydrogen (secondary N) is 2. The van der Waals surface area contributed by atoms with Gasteiger partial charge in [-0.3, -0.25) is 0 Å². The van der Waals surface area contributed by atoms with Crippen molar-refractivity contribution in [1.82, 2.24) is 10.6 Å². The Labute approximate surface area is 135 Å². The zero-order chi connectivity index (χ0) is 16.4. The number of benzene rings is 1. The van der Waals surface area contributed by atoms with Crippen molar-refractivity contribution in [3.05, 3.63) is 35.4 Å². The van der Waals surface area contributed by atoms with Crippen LogP contribution in [-0.4, -0.2) is 35.4 Å². The molecule has 0 spiro atoms. The van der Waals surface area contributed by atoms with Gasteiger partial charge in [-0.05, 0) is 49.8 Å². The minimum Gasteiger partial charge on any atom is -0.478 e. The van der Waals surface area contributed by atoms with E-state index in [0.29, 0.717) is 19.1 Å². The number of hydrogen-bond acceptors (Lipinski definition) is 3. The molecule has 2 aliphatic rings. The van der Waals surface area contributed by atoms with E-state index in [4.69, 9.17) is 9.84 Å². The first-order valence-corrected chi connectivity index (χ1v) is 7.98. The Hall–Kier alpha value is -2.08. The molecule has 1 saturated heterocycles. The summed E-state index contributed by atoms with van der Waals surface area (Å²) in [4.78, 5) is 23.0. The number of carbonyl (C=O) groups excluding carboxylic acids is 1. The van der Waals surface area contributed by atoms with E-state index in [1.165, 1.54) is 25.0 Å². The number of carboxylic acids is 1. The summed E-state index contributed by atoms with van der Waals surface area (Å²) in [5.41, 5.74) is 0.788. The second-order valence-electron chi connectivity index (χ2n) is 6.61. The third-order valence-electron chi connectivity index (χ3n) is 4.65. The summed E-state index contributed by atoms with van der Waals surface area (Å²) in [6.45, 7) is 3.09. The molecule has 1 aliphatic carbocycles. The van der Waals surface area contributed by atoms with Crippen LogP contribution in [0.3, 0.4) is 0 Å². The van der Waals surface area contributed by atoms with Crippen LogP contribution in [0.2, 0.25) is 0 Å². The van der Waals surface area contributed by atoms with Gasteiger partial charge in [0.25, 0.3) is 0 Å². The fraction of sp³-hybridized carbons (Fsp3) is 0.529. The second kappa shape index (κ2) is 6.20. The third-order valence-corrected chi connectivity index (χ3v) is 4.65. The van der Waals surface area contributed by atoms with Crippen LogP contribution in [0.4, 0.5) is 4.79 Å². The van der Waals surface area contributed by atoms with Crippen LogP contribution in [0, 0.1) is 5.92 Å². The summed E-state index contributed by atoms with van der Waals surface area (Å²) in [7, 11) is 0. The zero-order valence-corrected chi connectivity index (χ0v) is 13.2. The van der Waals surface area contributed by atoms with E-state index in [1.54, 1.807) is 12.1 Å². The Morgan fingerprint density at radius 2 is 2.00 bits per heavy atom. The fourth-order valence-corrected chi connectivity index (χ4v) is 3.16. The summed E-state index contributed by atoms with van der Waals surface area (Å²) in [6.07, 6.45) is 3.30. The number of rotatable bonds is 5. The molecule has 23 heavy (non-hydrogen) atoms.